The lowest BCUT2D eigenvalue weighted by atomic mass is 10.3. The molecule has 1 unspecified atom stereocenters. The second kappa shape index (κ2) is 22.8. The van der Waals surface area contributed by atoms with E-state index in [1.807, 2.05) is 0 Å². The third-order valence-electron chi connectivity index (χ3n) is 1.16. The van der Waals surface area contributed by atoms with Crippen LogP contribution in [0.15, 0.2) is 26.3 Å². The summed E-state index contributed by atoms with van der Waals surface area (Å²) in [6, 6.07) is 0. The molecule has 0 bridgehead atoms. The standard InChI is InChI=1S/C7H16O3.2C2H4/c1-2-3-4-10-6-7(9)5-8;2*1-2/h7-9H,2-6H2,1H3;2*1-2H2. The zero-order valence-corrected chi connectivity index (χ0v) is 9.24. The quantitative estimate of drug-likeness (QED) is 0.512. The summed E-state index contributed by atoms with van der Waals surface area (Å²) in [5, 5.41) is 17.1. The highest BCUT2D eigenvalue weighted by atomic mass is 16.5. The van der Waals surface area contributed by atoms with Crippen LogP contribution in [-0.2, 0) is 4.74 Å². The van der Waals surface area contributed by atoms with Crippen LogP contribution in [0.5, 0.6) is 0 Å². The van der Waals surface area contributed by atoms with Crippen molar-refractivity contribution in [1.29, 1.82) is 0 Å². The van der Waals surface area contributed by atoms with Crippen LogP contribution in [0, 0.1) is 0 Å². The van der Waals surface area contributed by atoms with Crippen molar-refractivity contribution in [3.63, 3.8) is 0 Å². The van der Waals surface area contributed by atoms with Crippen molar-refractivity contribution in [2.75, 3.05) is 19.8 Å². The molecule has 3 heteroatoms. The number of aliphatic hydroxyl groups excluding tert-OH is 2. The molecule has 86 valence electrons. The van der Waals surface area contributed by atoms with E-state index in [1.165, 1.54) is 0 Å². The molecular formula is C11H24O3. The SMILES string of the molecule is C=C.C=C.CCCCOCC(O)CO. The molecule has 0 aromatic heterocycles. The number of ether oxygens (including phenoxy) is 1. The van der Waals surface area contributed by atoms with E-state index in [0.717, 1.165) is 12.8 Å². The third-order valence-corrected chi connectivity index (χ3v) is 1.16. The molecule has 0 fully saturated rings. The van der Waals surface area contributed by atoms with Gasteiger partial charge in [0.25, 0.3) is 0 Å². The molecule has 0 aromatic rings. The zero-order valence-electron chi connectivity index (χ0n) is 9.24. The summed E-state index contributed by atoms with van der Waals surface area (Å²) in [6.07, 6.45) is 1.39. The summed E-state index contributed by atoms with van der Waals surface area (Å²) >= 11 is 0. The van der Waals surface area contributed by atoms with E-state index in [-0.39, 0.29) is 13.2 Å². The number of hydrogen-bond acceptors (Lipinski definition) is 3. The molecule has 0 saturated heterocycles. The maximum atomic E-state index is 8.78. The van der Waals surface area contributed by atoms with Gasteiger partial charge in [0, 0.05) is 6.61 Å². The Bertz CT molecular complexity index is 84.6. The van der Waals surface area contributed by atoms with Crippen molar-refractivity contribution in [2.24, 2.45) is 0 Å². The Morgan fingerprint density at radius 3 is 2.07 bits per heavy atom. The largest absolute Gasteiger partial charge is 0.394 e. The average molecular weight is 204 g/mol. The summed E-state index contributed by atoms with van der Waals surface area (Å²) in [4.78, 5) is 0. The molecule has 3 nitrogen and oxygen atoms in total. The first-order chi connectivity index (χ1) is 6.81. The Morgan fingerprint density at radius 1 is 1.21 bits per heavy atom. The van der Waals surface area contributed by atoms with Crippen LogP contribution in [0.3, 0.4) is 0 Å². The Labute approximate surface area is 87.7 Å². The van der Waals surface area contributed by atoms with Gasteiger partial charge in [-0.05, 0) is 6.42 Å². The van der Waals surface area contributed by atoms with E-state index in [9.17, 15) is 0 Å². The monoisotopic (exact) mass is 204 g/mol. The molecule has 0 heterocycles. The third kappa shape index (κ3) is 22.5. The Morgan fingerprint density at radius 2 is 1.71 bits per heavy atom. The van der Waals surface area contributed by atoms with Gasteiger partial charge < -0.3 is 14.9 Å². The molecule has 0 amide bonds. The summed E-state index contributed by atoms with van der Waals surface area (Å²) in [7, 11) is 0. The summed E-state index contributed by atoms with van der Waals surface area (Å²) < 4.78 is 5.02. The molecule has 0 rings (SSSR count). The van der Waals surface area contributed by atoms with Gasteiger partial charge >= 0.3 is 0 Å². The first-order valence-corrected chi connectivity index (χ1v) is 4.68. The van der Waals surface area contributed by atoms with Crippen molar-refractivity contribution in [3.05, 3.63) is 26.3 Å². The highest BCUT2D eigenvalue weighted by molar-refractivity contribution is 4.48. The zero-order chi connectivity index (χ0) is 11.8. The predicted molar refractivity (Wildman–Crippen MR) is 61.3 cm³/mol. The second-order valence-electron chi connectivity index (χ2n) is 2.26. The van der Waals surface area contributed by atoms with Crippen molar-refractivity contribution < 1.29 is 14.9 Å². The van der Waals surface area contributed by atoms with Crippen LogP contribution in [0.2, 0.25) is 0 Å². The number of unbranched alkanes of at least 4 members (excludes halogenated alkanes) is 1. The molecule has 0 aliphatic carbocycles. The summed E-state index contributed by atoms with van der Waals surface area (Å²) in [5.74, 6) is 0. The summed E-state index contributed by atoms with van der Waals surface area (Å²) in [6.45, 7) is 14.8. The van der Waals surface area contributed by atoms with Gasteiger partial charge in [-0.15, -0.1) is 26.3 Å². The normalized spacial score (nSPS) is 10.2. The van der Waals surface area contributed by atoms with Crippen LogP contribution in [0.4, 0.5) is 0 Å². The topological polar surface area (TPSA) is 49.7 Å². The number of rotatable bonds is 6. The number of hydrogen-bond donors (Lipinski definition) is 2. The highest BCUT2D eigenvalue weighted by Gasteiger charge is 1.99. The fourth-order valence-electron chi connectivity index (χ4n) is 0.518. The first kappa shape index (κ1) is 19.0. The van der Waals surface area contributed by atoms with Crippen molar-refractivity contribution in [1.82, 2.24) is 0 Å². The Balaban J connectivity index is -0.000000266. The molecule has 0 saturated carbocycles. The van der Waals surface area contributed by atoms with Gasteiger partial charge in [-0.2, -0.15) is 0 Å². The minimum atomic E-state index is -0.711. The smallest absolute Gasteiger partial charge is 0.100 e. The molecule has 14 heavy (non-hydrogen) atoms. The van der Waals surface area contributed by atoms with Crippen LogP contribution >= 0.6 is 0 Å². The van der Waals surface area contributed by atoms with E-state index < -0.39 is 6.10 Å². The predicted octanol–water partition coefficient (Wildman–Crippen LogP) is 1.76. The molecule has 0 aliphatic rings. The molecular weight excluding hydrogens is 180 g/mol. The van der Waals surface area contributed by atoms with Crippen LogP contribution in [0.25, 0.3) is 0 Å². The molecule has 0 spiro atoms. The van der Waals surface area contributed by atoms with Gasteiger partial charge in [-0.25, -0.2) is 0 Å². The highest BCUT2D eigenvalue weighted by Crippen LogP contribution is 1.89. The summed E-state index contributed by atoms with van der Waals surface area (Å²) in [5.41, 5.74) is 0. The molecule has 0 aromatic carbocycles. The maximum absolute atomic E-state index is 8.78. The maximum Gasteiger partial charge on any atom is 0.100 e. The van der Waals surface area contributed by atoms with E-state index in [2.05, 4.69) is 33.2 Å². The van der Waals surface area contributed by atoms with Gasteiger partial charge in [0.1, 0.15) is 6.10 Å². The second-order valence-corrected chi connectivity index (χ2v) is 2.26. The van der Waals surface area contributed by atoms with Crippen molar-refractivity contribution in [2.45, 2.75) is 25.9 Å². The van der Waals surface area contributed by atoms with E-state index in [0.29, 0.717) is 6.61 Å². The molecule has 0 radical (unpaired) electrons. The van der Waals surface area contributed by atoms with Gasteiger partial charge in [-0.3, -0.25) is 0 Å². The van der Waals surface area contributed by atoms with Gasteiger partial charge in [0.05, 0.1) is 13.2 Å². The first-order valence-electron chi connectivity index (χ1n) is 4.68. The lowest BCUT2D eigenvalue weighted by Crippen LogP contribution is -2.19. The van der Waals surface area contributed by atoms with Crippen LogP contribution < -0.4 is 0 Å². The Kier molecular flexibility index (Phi) is 31.0. The fourth-order valence-corrected chi connectivity index (χ4v) is 0.518. The lowest BCUT2D eigenvalue weighted by Gasteiger charge is -2.06. The fraction of sp³-hybridized carbons (Fsp3) is 0.636. The van der Waals surface area contributed by atoms with Gasteiger partial charge in [0.2, 0.25) is 0 Å². The molecule has 2 N–H and O–H groups in total. The molecule has 1 atom stereocenters. The minimum absolute atomic E-state index is 0.216. The molecule has 0 aliphatic heterocycles. The Hall–Kier alpha value is -0.640. The minimum Gasteiger partial charge on any atom is -0.394 e. The lowest BCUT2D eigenvalue weighted by molar-refractivity contribution is 0.00557. The van der Waals surface area contributed by atoms with E-state index in [4.69, 9.17) is 14.9 Å². The van der Waals surface area contributed by atoms with Crippen molar-refractivity contribution >= 4 is 0 Å². The van der Waals surface area contributed by atoms with Gasteiger partial charge in [-0.1, -0.05) is 13.3 Å². The van der Waals surface area contributed by atoms with E-state index >= 15 is 0 Å². The number of aliphatic hydroxyl groups is 2. The van der Waals surface area contributed by atoms with Crippen molar-refractivity contribution in [3.8, 4) is 0 Å². The average Bonchev–Trinajstić information content (AvgIpc) is 2.29. The van der Waals surface area contributed by atoms with E-state index in [1.54, 1.807) is 0 Å². The van der Waals surface area contributed by atoms with Crippen LogP contribution in [0.1, 0.15) is 19.8 Å². The van der Waals surface area contributed by atoms with Gasteiger partial charge in [0.15, 0.2) is 0 Å². The van der Waals surface area contributed by atoms with Crippen LogP contribution in [-0.4, -0.2) is 36.1 Å².